The average molecular weight is 228 g/mol. The van der Waals surface area contributed by atoms with Crippen LogP contribution in [0.1, 0.15) is 62.5 Å². The van der Waals surface area contributed by atoms with Crippen molar-refractivity contribution in [3.63, 3.8) is 0 Å². The lowest BCUT2D eigenvalue weighted by Gasteiger charge is -2.22. The van der Waals surface area contributed by atoms with Gasteiger partial charge in [-0.1, -0.05) is 55.7 Å². The minimum absolute atomic E-state index is 0.841. The Balaban J connectivity index is 1.92. The van der Waals surface area contributed by atoms with Gasteiger partial charge in [0.15, 0.2) is 0 Å². The first-order valence-electron chi connectivity index (χ1n) is 7.10. The molecule has 0 heterocycles. The molecule has 0 bridgehead atoms. The van der Waals surface area contributed by atoms with E-state index >= 15 is 0 Å². The number of hydrogen-bond acceptors (Lipinski definition) is 0. The summed E-state index contributed by atoms with van der Waals surface area (Å²) in [5, 5.41) is 0. The van der Waals surface area contributed by atoms with Crippen LogP contribution in [0.2, 0.25) is 0 Å². The molecule has 0 heteroatoms. The third-order valence-corrected chi connectivity index (χ3v) is 3.89. The van der Waals surface area contributed by atoms with Gasteiger partial charge in [0.25, 0.3) is 0 Å². The third kappa shape index (κ3) is 3.73. The van der Waals surface area contributed by atoms with Crippen LogP contribution >= 0.6 is 0 Å². The molecule has 0 nitrogen and oxygen atoms in total. The van der Waals surface area contributed by atoms with Crippen molar-refractivity contribution in [1.82, 2.24) is 0 Å². The number of rotatable bonds is 4. The molecule has 17 heavy (non-hydrogen) atoms. The second kappa shape index (κ2) is 6.64. The van der Waals surface area contributed by atoms with E-state index in [1.165, 1.54) is 50.5 Å². The van der Waals surface area contributed by atoms with Crippen LogP contribution in [0.15, 0.2) is 36.4 Å². The quantitative estimate of drug-likeness (QED) is 0.618. The van der Waals surface area contributed by atoms with Gasteiger partial charge in [-0.25, -0.2) is 0 Å². The first-order chi connectivity index (χ1) is 8.40. The molecule has 0 aliphatic heterocycles. The Morgan fingerprint density at radius 2 is 1.76 bits per heavy atom. The summed E-state index contributed by atoms with van der Waals surface area (Å²) in [5.74, 6) is 0.841. The molecule has 0 aromatic heterocycles. The fourth-order valence-electron chi connectivity index (χ4n) is 2.81. The first kappa shape index (κ1) is 12.4. The highest BCUT2D eigenvalue weighted by Crippen LogP contribution is 2.32. The van der Waals surface area contributed by atoms with Crippen molar-refractivity contribution in [2.24, 2.45) is 0 Å². The molecule has 1 aliphatic carbocycles. The van der Waals surface area contributed by atoms with Gasteiger partial charge in [0.1, 0.15) is 0 Å². The molecule has 1 saturated carbocycles. The van der Waals surface area contributed by atoms with Crippen molar-refractivity contribution in [3.05, 3.63) is 47.5 Å². The van der Waals surface area contributed by atoms with Crippen LogP contribution in [0.3, 0.4) is 0 Å². The van der Waals surface area contributed by atoms with Crippen molar-refractivity contribution >= 4 is 0 Å². The third-order valence-electron chi connectivity index (χ3n) is 3.89. The maximum Gasteiger partial charge on any atom is -0.0162 e. The van der Waals surface area contributed by atoms with Crippen LogP contribution in [0.5, 0.6) is 0 Å². The zero-order valence-electron chi connectivity index (χ0n) is 11.0. The van der Waals surface area contributed by atoms with Crippen LogP contribution in [0.25, 0.3) is 0 Å². The summed E-state index contributed by atoms with van der Waals surface area (Å²) in [5.41, 5.74) is 3.04. The number of aryl methyl sites for hydroxylation is 1. The summed E-state index contributed by atoms with van der Waals surface area (Å²) >= 11 is 0. The maximum atomic E-state index is 2.36. The molecule has 0 amide bonds. The summed E-state index contributed by atoms with van der Waals surface area (Å²) in [7, 11) is 0. The Morgan fingerprint density at radius 1 is 1.06 bits per heavy atom. The van der Waals surface area contributed by atoms with Gasteiger partial charge in [0.2, 0.25) is 0 Å². The topological polar surface area (TPSA) is 0 Å². The van der Waals surface area contributed by atoms with Crippen LogP contribution in [0, 0.1) is 0 Å². The minimum Gasteiger partial charge on any atom is -0.0917 e. The molecule has 0 radical (unpaired) electrons. The summed E-state index contributed by atoms with van der Waals surface area (Å²) in [4.78, 5) is 0. The molecule has 2 rings (SSSR count). The Labute approximate surface area is 106 Å². The summed E-state index contributed by atoms with van der Waals surface area (Å²) in [6, 6.07) is 9.38. The van der Waals surface area contributed by atoms with Crippen LogP contribution in [0.4, 0.5) is 0 Å². The van der Waals surface area contributed by atoms with Crippen LogP contribution in [-0.4, -0.2) is 0 Å². The highest BCUT2D eigenvalue weighted by Gasteiger charge is 2.14. The van der Waals surface area contributed by atoms with E-state index in [0.717, 1.165) is 5.92 Å². The van der Waals surface area contributed by atoms with Gasteiger partial charge in [-0.2, -0.15) is 0 Å². The molecule has 0 spiro atoms. The molecule has 1 aliphatic rings. The van der Waals surface area contributed by atoms with Crippen LogP contribution in [-0.2, 0) is 6.42 Å². The Kier molecular flexibility index (Phi) is 4.85. The molecular weight excluding hydrogens is 204 g/mol. The van der Waals surface area contributed by atoms with E-state index in [0.29, 0.717) is 0 Å². The number of hydrogen-bond donors (Lipinski definition) is 0. The van der Waals surface area contributed by atoms with Crippen molar-refractivity contribution in [2.45, 2.75) is 57.8 Å². The van der Waals surface area contributed by atoms with Gasteiger partial charge in [-0.05, 0) is 49.7 Å². The summed E-state index contributed by atoms with van der Waals surface area (Å²) in [6.07, 6.45) is 13.8. The largest absolute Gasteiger partial charge is 0.0917 e. The zero-order chi connectivity index (χ0) is 11.9. The van der Waals surface area contributed by atoms with E-state index in [1.54, 1.807) is 5.56 Å². The lowest BCUT2D eigenvalue weighted by molar-refractivity contribution is 0.443. The lowest BCUT2D eigenvalue weighted by atomic mass is 9.84. The van der Waals surface area contributed by atoms with Gasteiger partial charge >= 0.3 is 0 Å². The van der Waals surface area contributed by atoms with E-state index in [2.05, 4.69) is 43.3 Å². The normalized spacial score (nSPS) is 17.7. The van der Waals surface area contributed by atoms with Crippen LogP contribution < -0.4 is 0 Å². The Morgan fingerprint density at radius 3 is 2.41 bits per heavy atom. The predicted molar refractivity (Wildman–Crippen MR) is 75.4 cm³/mol. The molecule has 1 fully saturated rings. The van der Waals surface area contributed by atoms with Crippen molar-refractivity contribution < 1.29 is 0 Å². The maximum absolute atomic E-state index is 2.36. The highest BCUT2D eigenvalue weighted by molar-refractivity contribution is 5.26. The van der Waals surface area contributed by atoms with Gasteiger partial charge in [0, 0.05) is 0 Å². The fraction of sp³-hybridized carbons (Fsp3) is 0.529. The molecule has 1 aromatic carbocycles. The van der Waals surface area contributed by atoms with E-state index < -0.39 is 0 Å². The molecular formula is C17H24. The standard InChI is InChI=1S/C17H24/c1-2-3-5-8-15-11-13-17(14-12-15)16-9-6-4-7-10-16/h2-3,11-14,16H,4-10H2,1H3. The molecule has 92 valence electrons. The minimum atomic E-state index is 0.841. The smallest absolute Gasteiger partial charge is 0.0162 e. The lowest BCUT2D eigenvalue weighted by Crippen LogP contribution is -2.04. The van der Waals surface area contributed by atoms with Gasteiger partial charge in [-0.3, -0.25) is 0 Å². The van der Waals surface area contributed by atoms with E-state index in [-0.39, 0.29) is 0 Å². The fourth-order valence-corrected chi connectivity index (χ4v) is 2.81. The van der Waals surface area contributed by atoms with Gasteiger partial charge in [0.05, 0.1) is 0 Å². The van der Waals surface area contributed by atoms with Crippen molar-refractivity contribution in [2.75, 3.05) is 0 Å². The number of allylic oxidation sites excluding steroid dienone is 2. The first-order valence-corrected chi connectivity index (χ1v) is 7.10. The van der Waals surface area contributed by atoms with E-state index in [4.69, 9.17) is 0 Å². The number of benzene rings is 1. The van der Waals surface area contributed by atoms with E-state index in [9.17, 15) is 0 Å². The molecule has 0 saturated heterocycles. The summed E-state index contributed by atoms with van der Waals surface area (Å²) < 4.78 is 0. The molecule has 0 N–H and O–H groups in total. The second-order valence-electron chi connectivity index (χ2n) is 5.18. The zero-order valence-corrected chi connectivity index (χ0v) is 11.0. The second-order valence-corrected chi connectivity index (χ2v) is 5.18. The molecule has 0 atom stereocenters. The van der Waals surface area contributed by atoms with Gasteiger partial charge < -0.3 is 0 Å². The van der Waals surface area contributed by atoms with Crippen molar-refractivity contribution in [1.29, 1.82) is 0 Å². The van der Waals surface area contributed by atoms with E-state index in [1.807, 2.05) is 0 Å². The highest BCUT2D eigenvalue weighted by atomic mass is 14.2. The Hall–Kier alpha value is -1.04. The Bertz CT molecular complexity index is 339. The predicted octanol–water partition coefficient (Wildman–Crippen LogP) is 5.24. The molecule has 0 unspecified atom stereocenters. The molecule has 1 aromatic rings. The monoisotopic (exact) mass is 228 g/mol. The SMILES string of the molecule is CC=CCCc1ccc(C2CCCCC2)cc1. The summed E-state index contributed by atoms with van der Waals surface area (Å²) in [6.45, 7) is 2.09. The average Bonchev–Trinajstić information content (AvgIpc) is 2.41. The van der Waals surface area contributed by atoms with Crippen molar-refractivity contribution in [3.8, 4) is 0 Å². The van der Waals surface area contributed by atoms with Gasteiger partial charge in [-0.15, -0.1) is 0 Å².